The summed E-state index contributed by atoms with van der Waals surface area (Å²) in [5, 5.41) is 28.8. The number of hydrogen-bond donors (Lipinski definition) is 3. The van der Waals surface area contributed by atoms with Gasteiger partial charge >= 0.3 is 0 Å². The van der Waals surface area contributed by atoms with E-state index in [9.17, 15) is 15.3 Å². The predicted molar refractivity (Wildman–Crippen MR) is 70.7 cm³/mol. The molecule has 3 rings (SSSR count). The third kappa shape index (κ3) is 2.73. The lowest BCUT2D eigenvalue weighted by atomic mass is 10.0. The van der Waals surface area contributed by atoms with E-state index in [0.717, 1.165) is 23.5 Å². The van der Waals surface area contributed by atoms with E-state index in [1.165, 1.54) is 0 Å². The minimum Gasteiger partial charge on any atom is -0.454 e. The first-order chi connectivity index (χ1) is 9.63. The molecule has 1 saturated heterocycles. The first kappa shape index (κ1) is 13.6. The molecule has 2 unspecified atom stereocenters. The van der Waals surface area contributed by atoms with E-state index >= 15 is 0 Å². The molecule has 6 heteroatoms. The Labute approximate surface area is 117 Å². The van der Waals surface area contributed by atoms with Crippen LogP contribution >= 0.6 is 0 Å². The predicted octanol–water partition coefficient (Wildman–Crippen LogP) is -0.644. The minimum absolute atomic E-state index is 0.265. The summed E-state index contributed by atoms with van der Waals surface area (Å²) in [6.45, 7) is 1.73. The van der Waals surface area contributed by atoms with Gasteiger partial charge in [0.15, 0.2) is 11.5 Å². The zero-order chi connectivity index (χ0) is 14.1. The Morgan fingerprint density at radius 2 is 1.75 bits per heavy atom. The highest BCUT2D eigenvalue weighted by molar-refractivity contribution is 5.44. The maximum absolute atomic E-state index is 9.65. The molecular weight excluding hydrogens is 262 g/mol. The summed E-state index contributed by atoms with van der Waals surface area (Å²) in [4.78, 5) is 1.95. The van der Waals surface area contributed by atoms with Crippen LogP contribution in [0.1, 0.15) is 5.56 Å². The average Bonchev–Trinajstić information content (AvgIpc) is 2.89. The third-order valence-electron chi connectivity index (χ3n) is 3.83. The van der Waals surface area contributed by atoms with Gasteiger partial charge in [-0.1, -0.05) is 6.07 Å². The van der Waals surface area contributed by atoms with Crippen LogP contribution in [0.15, 0.2) is 18.2 Å². The molecule has 0 amide bonds. The fourth-order valence-electron chi connectivity index (χ4n) is 2.64. The normalized spacial score (nSPS) is 29.6. The molecule has 0 spiro atoms. The second kappa shape index (κ2) is 5.57. The standard InChI is InChI=1S/C14H19NO5/c16-10-6-15(7-11(17)14(10)18)4-3-9-1-2-12-13(5-9)20-8-19-12/h1-2,5,10-11,14,16-18H,3-4,6-8H2. The van der Waals surface area contributed by atoms with E-state index in [-0.39, 0.29) is 6.79 Å². The van der Waals surface area contributed by atoms with Crippen molar-refractivity contribution in [1.82, 2.24) is 4.90 Å². The van der Waals surface area contributed by atoms with Gasteiger partial charge in [0.05, 0.1) is 12.2 Å². The number of rotatable bonds is 3. The van der Waals surface area contributed by atoms with Gasteiger partial charge in [-0.15, -0.1) is 0 Å². The molecule has 1 fully saturated rings. The van der Waals surface area contributed by atoms with Crippen LogP contribution in [0, 0.1) is 0 Å². The number of ether oxygens (including phenoxy) is 2. The molecule has 3 N–H and O–H groups in total. The van der Waals surface area contributed by atoms with Crippen LogP contribution < -0.4 is 9.47 Å². The van der Waals surface area contributed by atoms with Crippen LogP contribution in [0.5, 0.6) is 11.5 Å². The van der Waals surface area contributed by atoms with Crippen LogP contribution in [-0.2, 0) is 6.42 Å². The fourth-order valence-corrected chi connectivity index (χ4v) is 2.64. The van der Waals surface area contributed by atoms with Crippen LogP contribution in [0.25, 0.3) is 0 Å². The summed E-state index contributed by atoms with van der Waals surface area (Å²) in [6, 6.07) is 5.83. The van der Waals surface area contributed by atoms with E-state index in [1.54, 1.807) is 0 Å². The first-order valence-electron chi connectivity index (χ1n) is 6.78. The van der Waals surface area contributed by atoms with E-state index < -0.39 is 18.3 Å². The number of piperidine rings is 1. The Hall–Kier alpha value is -1.34. The van der Waals surface area contributed by atoms with Crippen molar-refractivity contribution in [2.45, 2.75) is 24.7 Å². The number of hydrogen-bond acceptors (Lipinski definition) is 6. The lowest BCUT2D eigenvalue weighted by molar-refractivity contribution is -0.109. The topological polar surface area (TPSA) is 82.4 Å². The molecular formula is C14H19NO5. The largest absolute Gasteiger partial charge is 0.454 e. The fraction of sp³-hybridized carbons (Fsp3) is 0.571. The SMILES string of the molecule is OC1CN(CCc2ccc3c(c2)OCO3)CC(O)C1O. The Morgan fingerprint density at radius 1 is 1.05 bits per heavy atom. The van der Waals surface area contributed by atoms with Crippen molar-refractivity contribution in [3.8, 4) is 11.5 Å². The number of fused-ring (bicyclic) bond motifs is 1. The molecule has 20 heavy (non-hydrogen) atoms. The van der Waals surface area contributed by atoms with Gasteiger partial charge in [-0.25, -0.2) is 0 Å². The van der Waals surface area contributed by atoms with Crippen molar-refractivity contribution < 1.29 is 24.8 Å². The van der Waals surface area contributed by atoms with E-state index in [2.05, 4.69) is 0 Å². The molecule has 2 heterocycles. The molecule has 2 atom stereocenters. The number of aliphatic hydroxyl groups is 3. The van der Waals surface area contributed by atoms with Gasteiger partial charge in [0.25, 0.3) is 0 Å². The summed E-state index contributed by atoms with van der Waals surface area (Å²) in [5.74, 6) is 1.53. The van der Waals surface area contributed by atoms with Gasteiger partial charge in [0.2, 0.25) is 6.79 Å². The summed E-state index contributed by atoms with van der Waals surface area (Å²) in [6.07, 6.45) is -2.05. The van der Waals surface area contributed by atoms with Crippen LogP contribution in [-0.4, -0.2) is 65.0 Å². The molecule has 0 saturated carbocycles. The minimum atomic E-state index is -1.04. The molecule has 1 aromatic carbocycles. The molecule has 0 aromatic heterocycles. The highest BCUT2D eigenvalue weighted by atomic mass is 16.7. The zero-order valence-corrected chi connectivity index (χ0v) is 11.1. The van der Waals surface area contributed by atoms with Crippen molar-refractivity contribution >= 4 is 0 Å². The molecule has 1 aromatic rings. The summed E-state index contributed by atoms with van der Waals surface area (Å²) in [7, 11) is 0. The Kier molecular flexibility index (Phi) is 3.80. The van der Waals surface area contributed by atoms with Crippen molar-refractivity contribution in [3.63, 3.8) is 0 Å². The molecule has 0 aliphatic carbocycles. The van der Waals surface area contributed by atoms with Gasteiger partial charge in [0, 0.05) is 19.6 Å². The van der Waals surface area contributed by atoms with Gasteiger partial charge in [-0.05, 0) is 24.1 Å². The van der Waals surface area contributed by atoms with Gasteiger partial charge in [-0.3, -0.25) is 4.90 Å². The maximum atomic E-state index is 9.65. The molecule has 0 radical (unpaired) electrons. The second-order valence-corrected chi connectivity index (χ2v) is 5.32. The number of likely N-dealkylation sites (tertiary alicyclic amines) is 1. The van der Waals surface area contributed by atoms with Crippen molar-refractivity contribution in [3.05, 3.63) is 23.8 Å². The molecule has 6 nitrogen and oxygen atoms in total. The second-order valence-electron chi connectivity index (χ2n) is 5.32. The van der Waals surface area contributed by atoms with Crippen molar-refractivity contribution in [2.75, 3.05) is 26.4 Å². The van der Waals surface area contributed by atoms with E-state index in [4.69, 9.17) is 9.47 Å². The third-order valence-corrected chi connectivity index (χ3v) is 3.83. The molecule has 2 aliphatic heterocycles. The Bertz CT molecular complexity index is 469. The highest BCUT2D eigenvalue weighted by Crippen LogP contribution is 2.32. The molecule has 110 valence electrons. The summed E-state index contributed by atoms with van der Waals surface area (Å²) >= 11 is 0. The van der Waals surface area contributed by atoms with E-state index in [1.807, 2.05) is 23.1 Å². The smallest absolute Gasteiger partial charge is 0.231 e. The number of aliphatic hydroxyl groups excluding tert-OH is 3. The maximum Gasteiger partial charge on any atom is 0.231 e. The van der Waals surface area contributed by atoms with Gasteiger partial charge < -0.3 is 24.8 Å². The first-order valence-corrected chi connectivity index (χ1v) is 6.78. The molecule has 2 aliphatic rings. The van der Waals surface area contributed by atoms with Gasteiger partial charge in [0.1, 0.15) is 6.10 Å². The van der Waals surface area contributed by atoms with Crippen LogP contribution in [0.2, 0.25) is 0 Å². The quantitative estimate of drug-likeness (QED) is 0.683. The average molecular weight is 281 g/mol. The lowest BCUT2D eigenvalue weighted by Gasteiger charge is -2.36. The lowest BCUT2D eigenvalue weighted by Crippen LogP contribution is -2.55. The van der Waals surface area contributed by atoms with Crippen LogP contribution in [0.3, 0.4) is 0 Å². The monoisotopic (exact) mass is 281 g/mol. The zero-order valence-electron chi connectivity index (χ0n) is 11.1. The highest BCUT2D eigenvalue weighted by Gasteiger charge is 2.32. The molecule has 0 bridgehead atoms. The van der Waals surface area contributed by atoms with Gasteiger partial charge in [-0.2, -0.15) is 0 Å². The summed E-state index contributed by atoms with van der Waals surface area (Å²) in [5.41, 5.74) is 1.12. The van der Waals surface area contributed by atoms with E-state index in [0.29, 0.717) is 19.6 Å². The number of nitrogens with zero attached hydrogens (tertiary/aromatic N) is 1. The van der Waals surface area contributed by atoms with Crippen molar-refractivity contribution in [2.24, 2.45) is 0 Å². The summed E-state index contributed by atoms with van der Waals surface area (Å²) < 4.78 is 10.6. The number of benzene rings is 1. The Balaban J connectivity index is 1.57. The van der Waals surface area contributed by atoms with Crippen molar-refractivity contribution in [1.29, 1.82) is 0 Å². The van der Waals surface area contributed by atoms with Crippen LogP contribution in [0.4, 0.5) is 0 Å². The number of β-amino-alcohol motifs (C(OH)–C–C–N with tert-alkyl or cyclic N) is 2. The Morgan fingerprint density at radius 3 is 2.50 bits per heavy atom.